The van der Waals surface area contributed by atoms with Crippen LogP contribution in [-0.4, -0.2) is 41.1 Å². The molecule has 94 valence electrons. The molecule has 2 atom stereocenters. The summed E-state index contributed by atoms with van der Waals surface area (Å²) < 4.78 is 0. The summed E-state index contributed by atoms with van der Waals surface area (Å²) in [6.45, 7) is 5.84. The Morgan fingerprint density at radius 1 is 1.50 bits per heavy atom. The number of hydrogen-bond donors (Lipinski definition) is 2. The van der Waals surface area contributed by atoms with Crippen LogP contribution in [0.5, 0.6) is 0 Å². The van der Waals surface area contributed by atoms with Crippen LogP contribution in [0.15, 0.2) is 0 Å². The van der Waals surface area contributed by atoms with Crippen molar-refractivity contribution in [3.05, 3.63) is 0 Å². The molecular formula is C12H24N2O2. The van der Waals surface area contributed by atoms with E-state index in [1.807, 2.05) is 18.7 Å². The summed E-state index contributed by atoms with van der Waals surface area (Å²) in [6, 6.07) is 0. The van der Waals surface area contributed by atoms with Crippen molar-refractivity contribution in [2.75, 3.05) is 19.6 Å². The highest BCUT2D eigenvalue weighted by Gasteiger charge is 2.27. The number of carbonyl (C=O) groups excluding carboxylic acids is 1. The molecule has 0 radical (unpaired) electrons. The van der Waals surface area contributed by atoms with Crippen LogP contribution in [0.3, 0.4) is 0 Å². The van der Waals surface area contributed by atoms with E-state index in [0.29, 0.717) is 25.9 Å². The second-order valence-corrected chi connectivity index (χ2v) is 5.28. The molecule has 1 amide bonds. The van der Waals surface area contributed by atoms with Crippen molar-refractivity contribution in [3.63, 3.8) is 0 Å². The molecule has 0 aliphatic carbocycles. The summed E-state index contributed by atoms with van der Waals surface area (Å²) in [5.41, 5.74) is 4.91. The molecule has 1 fully saturated rings. The molecular weight excluding hydrogens is 204 g/mol. The average Bonchev–Trinajstić information content (AvgIpc) is 2.39. The van der Waals surface area contributed by atoms with E-state index in [9.17, 15) is 9.90 Å². The SMILES string of the molecule is CC(CN)CC(=O)N1CCCC(C)(O)CC1. The van der Waals surface area contributed by atoms with Crippen LogP contribution in [0.4, 0.5) is 0 Å². The Bertz CT molecular complexity index is 241. The van der Waals surface area contributed by atoms with E-state index < -0.39 is 5.60 Å². The number of amides is 1. The molecule has 0 aromatic carbocycles. The number of hydrogen-bond acceptors (Lipinski definition) is 3. The molecule has 0 spiro atoms. The number of aliphatic hydroxyl groups is 1. The summed E-state index contributed by atoms with van der Waals surface area (Å²) in [4.78, 5) is 13.8. The van der Waals surface area contributed by atoms with Crippen molar-refractivity contribution >= 4 is 5.91 Å². The maximum Gasteiger partial charge on any atom is 0.222 e. The Balaban J connectivity index is 2.45. The van der Waals surface area contributed by atoms with Crippen LogP contribution in [0.25, 0.3) is 0 Å². The van der Waals surface area contributed by atoms with Crippen molar-refractivity contribution in [2.24, 2.45) is 11.7 Å². The molecule has 1 saturated heterocycles. The van der Waals surface area contributed by atoms with Gasteiger partial charge in [-0.15, -0.1) is 0 Å². The average molecular weight is 228 g/mol. The minimum atomic E-state index is -0.603. The van der Waals surface area contributed by atoms with Crippen LogP contribution < -0.4 is 5.73 Å². The lowest BCUT2D eigenvalue weighted by atomic mass is 9.98. The van der Waals surface area contributed by atoms with Crippen LogP contribution in [0.1, 0.15) is 39.5 Å². The standard InChI is InChI=1S/C12H24N2O2/c1-10(9-13)8-11(15)14-6-3-4-12(2,16)5-7-14/h10,16H,3-9,13H2,1-2H3. The van der Waals surface area contributed by atoms with Crippen LogP contribution in [0.2, 0.25) is 0 Å². The summed E-state index contributed by atoms with van der Waals surface area (Å²) in [5.74, 6) is 0.423. The maximum absolute atomic E-state index is 11.9. The van der Waals surface area contributed by atoms with E-state index in [2.05, 4.69) is 0 Å². The van der Waals surface area contributed by atoms with Crippen molar-refractivity contribution < 1.29 is 9.90 Å². The lowest BCUT2D eigenvalue weighted by Gasteiger charge is -2.23. The fraction of sp³-hybridized carbons (Fsp3) is 0.917. The van der Waals surface area contributed by atoms with E-state index in [1.54, 1.807) is 0 Å². The fourth-order valence-electron chi connectivity index (χ4n) is 2.02. The van der Waals surface area contributed by atoms with Gasteiger partial charge in [-0.2, -0.15) is 0 Å². The first-order valence-electron chi connectivity index (χ1n) is 6.15. The highest BCUT2D eigenvalue weighted by molar-refractivity contribution is 5.76. The van der Waals surface area contributed by atoms with E-state index in [-0.39, 0.29) is 11.8 Å². The fourth-order valence-corrected chi connectivity index (χ4v) is 2.02. The molecule has 0 saturated carbocycles. The van der Waals surface area contributed by atoms with Gasteiger partial charge in [0.05, 0.1) is 5.60 Å². The lowest BCUT2D eigenvalue weighted by molar-refractivity contribution is -0.132. The van der Waals surface area contributed by atoms with Gasteiger partial charge in [0.1, 0.15) is 0 Å². The van der Waals surface area contributed by atoms with E-state index >= 15 is 0 Å². The Labute approximate surface area is 97.8 Å². The van der Waals surface area contributed by atoms with Crippen LogP contribution >= 0.6 is 0 Å². The minimum Gasteiger partial charge on any atom is -0.390 e. The van der Waals surface area contributed by atoms with Crippen molar-refractivity contribution in [3.8, 4) is 0 Å². The third kappa shape index (κ3) is 4.10. The summed E-state index contributed by atoms with van der Waals surface area (Å²) in [5, 5.41) is 9.92. The van der Waals surface area contributed by atoms with E-state index in [0.717, 1.165) is 19.4 Å². The normalized spacial score (nSPS) is 28.6. The van der Waals surface area contributed by atoms with E-state index in [4.69, 9.17) is 5.73 Å². The molecule has 3 N–H and O–H groups in total. The van der Waals surface area contributed by atoms with Crippen LogP contribution in [0, 0.1) is 5.92 Å². The molecule has 0 aromatic heterocycles. The topological polar surface area (TPSA) is 66.6 Å². The first kappa shape index (κ1) is 13.5. The Morgan fingerprint density at radius 2 is 2.19 bits per heavy atom. The molecule has 2 unspecified atom stereocenters. The van der Waals surface area contributed by atoms with Crippen LogP contribution in [-0.2, 0) is 4.79 Å². The number of rotatable bonds is 3. The zero-order chi connectivity index (χ0) is 12.2. The largest absolute Gasteiger partial charge is 0.390 e. The summed E-state index contributed by atoms with van der Waals surface area (Å²) in [6.07, 6.45) is 2.87. The van der Waals surface area contributed by atoms with Gasteiger partial charge in [0.2, 0.25) is 5.91 Å². The minimum absolute atomic E-state index is 0.177. The van der Waals surface area contributed by atoms with Gasteiger partial charge in [-0.05, 0) is 38.6 Å². The van der Waals surface area contributed by atoms with Gasteiger partial charge in [-0.25, -0.2) is 0 Å². The highest BCUT2D eigenvalue weighted by Crippen LogP contribution is 2.22. The third-order valence-corrected chi connectivity index (χ3v) is 3.34. The van der Waals surface area contributed by atoms with Gasteiger partial charge < -0.3 is 15.7 Å². The maximum atomic E-state index is 11.9. The molecule has 1 aliphatic heterocycles. The molecule has 4 heteroatoms. The molecule has 1 rings (SSSR count). The van der Waals surface area contributed by atoms with Crippen molar-refractivity contribution in [1.82, 2.24) is 4.90 Å². The third-order valence-electron chi connectivity index (χ3n) is 3.34. The summed E-state index contributed by atoms with van der Waals surface area (Å²) in [7, 11) is 0. The highest BCUT2D eigenvalue weighted by atomic mass is 16.3. The second kappa shape index (κ2) is 5.64. The Hall–Kier alpha value is -0.610. The second-order valence-electron chi connectivity index (χ2n) is 5.28. The number of carbonyl (C=O) groups is 1. The molecule has 16 heavy (non-hydrogen) atoms. The van der Waals surface area contributed by atoms with Gasteiger partial charge >= 0.3 is 0 Å². The zero-order valence-corrected chi connectivity index (χ0v) is 10.4. The number of nitrogens with two attached hydrogens (primary N) is 1. The van der Waals surface area contributed by atoms with Gasteiger partial charge in [0, 0.05) is 19.5 Å². The molecule has 0 aromatic rings. The monoisotopic (exact) mass is 228 g/mol. The zero-order valence-electron chi connectivity index (χ0n) is 10.4. The molecule has 1 aliphatic rings. The number of nitrogens with zero attached hydrogens (tertiary/aromatic N) is 1. The van der Waals surface area contributed by atoms with Gasteiger partial charge in [0.25, 0.3) is 0 Å². The van der Waals surface area contributed by atoms with Gasteiger partial charge in [-0.3, -0.25) is 4.79 Å². The quantitative estimate of drug-likeness (QED) is 0.748. The van der Waals surface area contributed by atoms with Gasteiger partial charge in [0.15, 0.2) is 0 Å². The molecule has 1 heterocycles. The Kier molecular flexibility index (Phi) is 4.74. The van der Waals surface area contributed by atoms with Crippen molar-refractivity contribution in [2.45, 2.75) is 45.1 Å². The first-order chi connectivity index (χ1) is 7.44. The smallest absolute Gasteiger partial charge is 0.222 e. The van der Waals surface area contributed by atoms with Crippen molar-refractivity contribution in [1.29, 1.82) is 0 Å². The predicted molar refractivity (Wildman–Crippen MR) is 63.9 cm³/mol. The lowest BCUT2D eigenvalue weighted by Crippen LogP contribution is -2.35. The van der Waals surface area contributed by atoms with E-state index in [1.165, 1.54) is 0 Å². The first-order valence-corrected chi connectivity index (χ1v) is 6.15. The predicted octanol–water partition coefficient (Wildman–Crippen LogP) is 0.735. The van der Waals surface area contributed by atoms with Gasteiger partial charge in [-0.1, -0.05) is 6.92 Å². The Morgan fingerprint density at radius 3 is 2.81 bits per heavy atom. The molecule has 0 bridgehead atoms. The molecule has 4 nitrogen and oxygen atoms in total. The summed E-state index contributed by atoms with van der Waals surface area (Å²) >= 11 is 0. The number of likely N-dealkylation sites (tertiary alicyclic amines) is 1.